The third-order valence-corrected chi connectivity index (χ3v) is 2.75. The molecule has 0 aromatic carbocycles. The first-order valence-corrected chi connectivity index (χ1v) is 4.49. The zero-order valence-corrected chi connectivity index (χ0v) is 7.99. The van der Waals surface area contributed by atoms with Crippen LogP contribution < -0.4 is 5.73 Å². The Hall–Kier alpha value is -0.870. The van der Waals surface area contributed by atoms with Gasteiger partial charge in [-0.2, -0.15) is 5.10 Å². The molecular weight excluding hydrogens is 166 g/mol. The minimum atomic E-state index is -0.336. The Kier molecular flexibility index (Phi) is 1.72. The molecule has 3 N–H and O–H groups in total. The van der Waals surface area contributed by atoms with E-state index in [1.54, 1.807) is 4.68 Å². The van der Waals surface area contributed by atoms with Gasteiger partial charge in [0.05, 0.1) is 11.8 Å². The topological polar surface area (TPSA) is 64.1 Å². The van der Waals surface area contributed by atoms with Crippen LogP contribution in [-0.4, -0.2) is 21.0 Å². The van der Waals surface area contributed by atoms with Crippen LogP contribution in [0.2, 0.25) is 0 Å². The van der Waals surface area contributed by atoms with Crippen LogP contribution in [0.3, 0.4) is 0 Å². The third-order valence-electron chi connectivity index (χ3n) is 2.75. The van der Waals surface area contributed by atoms with Crippen molar-refractivity contribution >= 4 is 0 Å². The minimum absolute atomic E-state index is 0.232. The molecule has 1 aromatic rings. The SMILES string of the molecule is Cc1nn(C)cc1C1(N)CC(O)C1. The van der Waals surface area contributed by atoms with Crippen LogP contribution in [0.4, 0.5) is 0 Å². The molecule has 2 rings (SSSR count). The molecule has 1 aliphatic carbocycles. The molecule has 72 valence electrons. The van der Waals surface area contributed by atoms with Gasteiger partial charge in [0, 0.05) is 24.3 Å². The fraction of sp³-hybridized carbons (Fsp3) is 0.667. The number of aliphatic hydroxyl groups is 1. The van der Waals surface area contributed by atoms with Crippen LogP contribution in [0.25, 0.3) is 0 Å². The lowest BCUT2D eigenvalue weighted by Gasteiger charge is -2.42. The van der Waals surface area contributed by atoms with Gasteiger partial charge in [-0.1, -0.05) is 0 Å². The molecule has 0 radical (unpaired) electrons. The lowest BCUT2D eigenvalue weighted by Crippen LogP contribution is -2.51. The maximum atomic E-state index is 9.24. The largest absolute Gasteiger partial charge is 0.393 e. The minimum Gasteiger partial charge on any atom is -0.393 e. The second-order valence-corrected chi connectivity index (χ2v) is 4.02. The van der Waals surface area contributed by atoms with Crippen molar-refractivity contribution in [2.24, 2.45) is 12.8 Å². The van der Waals surface area contributed by atoms with Crippen molar-refractivity contribution in [3.63, 3.8) is 0 Å². The van der Waals surface area contributed by atoms with Crippen molar-refractivity contribution in [1.82, 2.24) is 9.78 Å². The van der Waals surface area contributed by atoms with Gasteiger partial charge in [0.1, 0.15) is 0 Å². The second-order valence-electron chi connectivity index (χ2n) is 4.02. The quantitative estimate of drug-likeness (QED) is 0.643. The Morgan fingerprint density at radius 3 is 2.69 bits per heavy atom. The maximum Gasteiger partial charge on any atom is 0.0644 e. The molecule has 4 heteroatoms. The van der Waals surface area contributed by atoms with Crippen LogP contribution in [-0.2, 0) is 12.6 Å². The lowest BCUT2D eigenvalue weighted by atomic mass is 9.71. The standard InChI is InChI=1S/C9H15N3O/c1-6-8(5-12(2)11-6)9(10)3-7(13)4-9/h5,7,13H,3-4,10H2,1-2H3. The van der Waals surface area contributed by atoms with Gasteiger partial charge in [-0.05, 0) is 19.8 Å². The first kappa shape index (κ1) is 8.72. The van der Waals surface area contributed by atoms with E-state index in [1.807, 2.05) is 20.2 Å². The Morgan fingerprint density at radius 2 is 2.31 bits per heavy atom. The number of hydrogen-bond acceptors (Lipinski definition) is 3. The fourth-order valence-electron chi connectivity index (χ4n) is 2.09. The second kappa shape index (κ2) is 2.56. The molecule has 1 heterocycles. The molecule has 13 heavy (non-hydrogen) atoms. The number of aromatic nitrogens is 2. The molecule has 1 saturated carbocycles. The molecule has 0 spiro atoms. The molecular formula is C9H15N3O. The summed E-state index contributed by atoms with van der Waals surface area (Å²) < 4.78 is 1.77. The lowest BCUT2D eigenvalue weighted by molar-refractivity contribution is 0.0206. The summed E-state index contributed by atoms with van der Waals surface area (Å²) in [6.07, 6.45) is 3.02. The van der Waals surface area contributed by atoms with Crippen molar-refractivity contribution in [1.29, 1.82) is 0 Å². The van der Waals surface area contributed by atoms with Gasteiger partial charge < -0.3 is 10.8 Å². The molecule has 0 saturated heterocycles. The molecule has 0 atom stereocenters. The summed E-state index contributed by atoms with van der Waals surface area (Å²) in [6, 6.07) is 0. The molecule has 4 nitrogen and oxygen atoms in total. The van der Waals surface area contributed by atoms with Crippen LogP contribution in [0.1, 0.15) is 24.1 Å². The highest BCUT2D eigenvalue weighted by Gasteiger charge is 2.43. The highest BCUT2D eigenvalue weighted by atomic mass is 16.3. The summed E-state index contributed by atoms with van der Waals surface area (Å²) in [5.74, 6) is 0. The van der Waals surface area contributed by atoms with Gasteiger partial charge in [0.25, 0.3) is 0 Å². The summed E-state index contributed by atoms with van der Waals surface area (Å²) in [5, 5.41) is 13.5. The molecule has 0 bridgehead atoms. The van der Waals surface area contributed by atoms with E-state index in [2.05, 4.69) is 5.10 Å². The normalized spacial score (nSPS) is 33.1. The third kappa shape index (κ3) is 1.26. The summed E-state index contributed by atoms with van der Waals surface area (Å²) >= 11 is 0. The summed E-state index contributed by atoms with van der Waals surface area (Å²) in [7, 11) is 1.88. The van der Waals surface area contributed by atoms with E-state index >= 15 is 0 Å². The zero-order valence-electron chi connectivity index (χ0n) is 7.99. The number of hydrogen-bond donors (Lipinski definition) is 2. The van der Waals surface area contributed by atoms with E-state index in [4.69, 9.17) is 5.73 Å². The fourth-order valence-corrected chi connectivity index (χ4v) is 2.09. The molecule has 1 fully saturated rings. The summed E-state index contributed by atoms with van der Waals surface area (Å²) in [5.41, 5.74) is 7.82. The Morgan fingerprint density at radius 1 is 1.69 bits per heavy atom. The zero-order chi connectivity index (χ0) is 9.64. The molecule has 0 unspecified atom stereocenters. The smallest absolute Gasteiger partial charge is 0.0644 e. The van der Waals surface area contributed by atoms with Gasteiger partial charge >= 0.3 is 0 Å². The molecule has 0 amide bonds. The first-order chi connectivity index (χ1) is 6.01. The van der Waals surface area contributed by atoms with Gasteiger partial charge in [0.2, 0.25) is 0 Å². The Labute approximate surface area is 77.4 Å². The van der Waals surface area contributed by atoms with Crippen molar-refractivity contribution in [2.75, 3.05) is 0 Å². The summed E-state index contributed by atoms with van der Waals surface area (Å²) in [4.78, 5) is 0. The monoisotopic (exact) mass is 181 g/mol. The van der Waals surface area contributed by atoms with Crippen LogP contribution >= 0.6 is 0 Å². The van der Waals surface area contributed by atoms with Gasteiger partial charge in [-0.3, -0.25) is 4.68 Å². The van der Waals surface area contributed by atoms with Crippen LogP contribution in [0.15, 0.2) is 6.20 Å². The van der Waals surface area contributed by atoms with E-state index in [-0.39, 0.29) is 11.6 Å². The maximum absolute atomic E-state index is 9.24. The average Bonchev–Trinajstić information content (AvgIpc) is 2.27. The average molecular weight is 181 g/mol. The summed E-state index contributed by atoms with van der Waals surface area (Å²) in [6.45, 7) is 1.95. The Balaban J connectivity index is 2.30. The van der Waals surface area contributed by atoms with E-state index in [0.29, 0.717) is 12.8 Å². The van der Waals surface area contributed by atoms with Crippen LogP contribution in [0, 0.1) is 6.92 Å². The molecule has 0 aliphatic heterocycles. The van der Waals surface area contributed by atoms with E-state index < -0.39 is 0 Å². The van der Waals surface area contributed by atoms with Crippen molar-refractivity contribution in [3.05, 3.63) is 17.5 Å². The van der Waals surface area contributed by atoms with Gasteiger partial charge in [-0.25, -0.2) is 0 Å². The number of aryl methyl sites for hydroxylation is 2. The highest BCUT2D eigenvalue weighted by molar-refractivity contribution is 5.28. The number of nitrogens with two attached hydrogens (primary N) is 1. The molecule has 1 aliphatic rings. The predicted molar refractivity (Wildman–Crippen MR) is 49.1 cm³/mol. The predicted octanol–water partition coefficient (Wildman–Crippen LogP) is 0.0372. The van der Waals surface area contributed by atoms with E-state index in [0.717, 1.165) is 11.3 Å². The van der Waals surface area contributed by atoms with Crippen molar-refractivity contribution in [2.45, 2.75) is 31.4 Å². The number of rotatable bonds is 1. The van der Waals surface area contributed by atoms with Gasteiger partial charge in [0.15, 0.2) is 0 Å². The van der Waals surface area contributed by atoms with E-state index in [9.17, 15) is 5.11 Å². The van der Waals surface area contributed by atoms with E-state index in [1.165, 1.54) is 0 Å². The highest BCUT2D eigenvalue weighted by Crippen LogP contribution is 2.39. The first-order valence-electron chi connectivity index (χ1n) is 4.49. The Bertz CT molecular complexity index is 326. The van der Waals surface area contributed by atoms with Crippen molar-refractivity contribution in [3.8, 4) is 0 Å². The number of nitrogens with zero attached hydrogens (tertiary/aromatic N) is 2. The van der Waals surface area contributed by atoms with Crippen LogP contribution in [0.5, 0.6) is 0 Å². The van der Waals surface area contributed by atoms with Crippen molar-refractivity contribution < 1.29 is 5.11 Å². The number of aliphatic hydroxyl groups excluding tert-OH is 1. The van der Waals surface area contributed by atoms with Gasteiger partial charge in [-0.15, -0.1) is 0 Å². The molecule has 1 aromatic heterocycles.